The van der Waals surface area contributed by atoms with Crippen LogP contribution in [0.1, 0.15) is 10.5 Å². The number of nitrogens with one attached hydrogen (secondary N) is 3. The van der Waals surface area contributed by atoms with Gasteiger partial charge in [0.05, 0.1) is 12.4 Å². The van der Waals surface area contributed by atoms with Gasteiger partial charge in [0.1, 0.15) is 10.8 Å². The van der Waals surface area contributed by atoms with E-state index >= 15 is 0 Å². The van der Waals surface area contributed by atoms with Crippen molar-refractivity contribution >= 4 is 23.3 Å². The lowest BCUT2D eigenvalue weighted by Gasteiger charge is -2.01. The van der Waals surface area contributed by atoms with Crippen molar-refractivity contribution in [2.24, 2.45) is 0 Å². The number of aromatic nitrogens is 4. The van der Waals surface area contributed by atoms with Crippen molar-refractivity contribution in [3.8, 4) is 0 Å². The van der Waals surface area contributed by atoms with Gasteiger partial charge in [-0.25, -0.2) is 9.78 Å². The summed E-state index contributed by atoms with van der Waals surface area (Å²) in [4.78, 5) is 34.5. The molecule has 0 aliphatic heterocycles. The third kappa shape index (κ3) is 2.26. The predicted molar refractivity (Wildman–Crippen MR) is 56.4 cm³/mol. The normalized spacial score (nSPS) is 10.1. The molecule has 0 saturated carbocycles. The van der Waals surface area contributed by atoms with E-state index in [1.54, 1.807) is 0 Å². The van der Waals surface area contributed by atoms with Crippen molar-refractivity contribution in [1.29, 1.82) is 0 Å². The average molecular weight is 240 g/mol. The fraction of sp³-hybridized carbons (Fsp3) is 0. The average Bonchev–Trinajstić information content (AvgIpc) is 2.65. The van der Waals surface area contributed by atoms with Gasteiger partial charge in [0.25, 0.3) is 5.91 Å². The topological polar surface area (TPSA) is 104 Å². The van der Waals surface area contributed by atoms with Crippen LogP contribution < -0.4 is 11.0 Å². The monoisotopic (exact) mass is 239 g/mol. The molecule has 0 aliphatic rings. The highest BCUT2D eigenvalue weighted by Crippen LogP contribution is 2.07. The Morgan fingerprint density at radius 1 is 1.44 bits per heavy atom. The molecule has 1 amide bonds. The minimum Gasteiger partial charge on any atom is -0.312 e. The number of aromatic amines is 2. The van der Waals surface area contributed by atoms with Gasteiger partial charge < -0.3 is 15.3 Å². The van der Waals surface area contributed by atoms with E-state index in [9.17, 15) is 9.59 Å². The zero-order valence-corrected chi connectivity index (χ0v) is 8.58. The molecule has 2 aromatic rings. The number of halogens is 1. The molecule has 0 radical (unpaired) electrons. The summed E-state index contributed by atoms with van der Waals surface area (Å²) in [5.74, 6) is -0.297. The number of carbonyl (C=O) groups is 1. The number of hydrogen-bond acceptors (Lipinski definition) is 4. The van der Waals surface area contributed by atoms with E-state index in [1.807, 2.05) is 0 Å². The Hall–Kier alpha value is -2.15. The highest BCUT2D eigenvalue weighted by atomic mass is 35.5. The van der Waals surface area contributed by atoms with E-state index in [1.165, 1.54) is 18.6 Å². The molecule has 0 fully saturated rings. The first-order valence-electron chi connectivity index (χ1n) is 4.22. The predicted octanol–water partition coefficient (Wildman–Crippen LogP) is 0.399. The third-order valence-corrected chi connectivity index (χ3v) is 1.87. The fourth-order valence-electron chi connectivity index (χ4n) is 1.04. The van der Waals surface area contributed by atoms with Gasteiger partial charge in [-0.15, -0.1) is 0 Å². The molecule has 0 aliphatic carbocycles. The maximum absolute atomic E-state index is 11.5. The Labute approximate surface area is 93.9 Å². The molecular weight excluding hydrogens is 234 g/mol. The van der Waals surface area contributed by atoms with Crippen LogP contribution in [-0.4, -0.2) is 25.8 Å². The third-order valence-electron chi connectivity index (χ3n) is 1.69. The molecule has 2 rings (SSSR count). The van der Waals surface area contributed by atoms with Crippen molar-refractivity contribution in [2.45, 2.75) is 0 Å². The van der Waals surface area contributed by atoms with Crippen molar-refractivity contribution < 1.29 is 4.79 Å². The Balaban J connectivity index is 2.16. The van der Waals surface area contributed by atoms with E-state index in [4.69, 9.17) is 11.6 Å². The van der Waals surface area contributed by atoms with Gasteiger partial charge in [-0.1, -0.05) is 11.6 Å². The van der Waals surface area contributed by atoms with Gasteiger partial charge in [0.15, 0.2) is 5.82 Å². The summed E-state index contributed by atoms with van der Waals surface area (Å²) in [7, 11) is 0. The molecule has 0 saturated heterocycles. The largest absolute Gasteiger partial charge is 0.323 e. The van der Waals surface area contributed by atoms with Gasteiger partial charge in [-0.3, -0.25) is 9.78 Å². The highest BCUT2D eigenvalue weighted by molar-refractivity contribution is 6.29. The Bertz CT molecular complexity index is 576. The molecule has 2 aromatic heterocycles. The summed E-state index contributed by atoms with van der Waals surface area (Å²) in [6, 6.07) is 0. The highest BCUT2D eigenvalue weighted by Gasteiger charge is 2.09. The second-order valence-electron chi connectivity index (χ2n) is 2.84. The summed E-state index contributed by atoms with van der Waals surface area (Å²) in [6.07, 6.45) is 3.94. The van der Waals surface area contributed by atoms with Crippen LogP contribution in [0.2, 0.25) is 5.15 Å². The minimum absolute atomic E-state index is 0.103. The Kier molecular flexibility index (Phi) is 2.69. The van der Waals surface area contributed by atoms with Gasteiger partial charge in [-0.05, 0) is 0 Å². The number of rotatable bonds is 2. The molecule has 0 bridgehead atoms. The fourth-order valence-corrected chi connectivity index (χ4v) is 1.19. The quantitative estimate of drug-likeness (QED) is 0.706. The zero-order chi connectivity index (χ0) is 11.5. The van der Waals surface area contributed by atoms with Crippen molar-refractivity contribution in [3.05, 3.63) is 39.9 Å². The van der Waals surface area contributed by atoms with Crippen molar-refractivity contribution in [2.75, 3.05) is 5.32 Å². The van der Waals surface area contributed by atoms with Crippen LogP contribution in [0.15, 0.2) is 23.4 Å². The number of hydrogen-bond donors (Lipinski definition) is 3. The lowest BCUT2D eigenvalue weighted by molar-refractivity contribution is 0.102. The summed E-state index contributed by atoms with van der Waals surface area (Å²) >= 11 is 5.59. The SMILES string of the molecule is O=C(Nc1cncc(Cl)n1)c1c[nH]c(=O)[nH]1. The van der Waals surface area contributed by atoms with Gasteiger partial charge >= 0.3 is 5.69 Å². The second kappa shape index (κ2) is 4.15. The van der Waals surface area contributed by atoms with Crippen LogP contribution in [0, 0.1) is 0 Å². The van der Waals surface area contributed by atoms with Crippen LogP contribution >= 0.6 is 11.6 Å². The minimum atomic E-state index is -0.505. The van der Waals surface area contributed by atoms with E-state index < -0.39 is 11.6 Å². The number of nitrogens with zero attached hydrogens (tertiary/aromatic N) is 2. The molecular formula is C8H6ClN5O2. The second-order valence-corrected chi connectivity index (χ2v) is 3.22. The molecule has 7 nitrogen and oxygen atoms in total. The summed E-state index contributed by atoms with van der Waals surface area (Å²) in [6.45, 7) is 0. The van der Waals surface area contributed by atoms with Crippen LogP contribution in [0.3, 0.4) is 0 Å². The number of amides is 1. The number of carbonyl (C=O) groups excluding carboxylic acids is 1. The molecule has 0 aromatic carbocycles. The van der Waals surface area contributed by atoms with E-state index in [0.717, 1.165) is 0 Å². The molecule has 0 atom stereocenters. The summed E-state index contributed by atoms with van der Waals surface area (Å²) in [5, 5.41) is 2.59. The van der Waals surface area contributed by atoms with Crippen molar-refractivity contribution in [3.63, 3.8) is 0 Å². The first-order valence-corrected chi connectivity index (χ1v) is 4.59. The summed E-state index contributed by atoms with van der Waals surface area (Å²) in [5.41, 5.74) is -0.353. The molecule has 0 spiro atoms. The Morgan fingerprint density at radius 2 is 2.25 bits per heavy atom. The molecule has 82 valence electrons. The van der Waals surface area contributed by atoms with Crippen LogP contribution in [0.5, 0.6) is 0 Å². The van der Waals surface area contributed by atoms with E-state index in [0.29, 0.717) is 0 Å². The van der Waals surface area contributed by atoms with Crippen LogP contribution in [0.4, 0.5) is 5.82 Å². The molecule has 2 heterocycles. The standard InChI is InChI=1S/C8H6ClN5O2/c9-5-2-10-3-6(13-5)14-7(15)4-1-11-8(16)12-4/h1-3H,(H2,11,12,16)(H,13,14,15). The van der Waals surface area contributed by atoms with Gasteiger partial charge in [0.2, 0.25) is 0 Å². The molecule has 8 heteroatoms. The van der Waals surface area contributed by atoms with E-state index in [2.05, 4.69) is 25.3 Å². The smallest absolute Gasteiger partial charge is 0.312 e. The first-order chi connectivity index (χ1) is 7.65. The molecule has 3 N–H and O–H groups in total. The van der Waals surface area contributed by atoms with E-state index in [-0.39, 0.29) is 16.7 Å². The van der Waals surface area contributed by atoms with Gasteiger partial charge in [-0.2, -0.15) is 0 Å². The van der Waals surface area contributed by atoms with Crippen molar-refractivity contribution in [1.82, 2.24) is 19.9 Å². The zero-order valence-electron chi connectivity index (χ0n) is 7.82. The van der Waals surface area contributed by atoms with Crippen LogP contribution in [-0.2, 0) is 0 Å². The lowest BCUT2D eigenvalue weighted by atomic mass is 10.4. The van der Waals surface area contributed by atoms with Crippen LogP contribution in [0.25, 0.3) is 0 Å². The first kappa shape index (κ1) is 10.4. The molecule has 0 unspecified atom stereocenters. The van der Waals surface area contributed by atoms with Gasteiger partial charge in [0, 0.05) is 6.20 Å². The molecule has 16 heavy (non-hydrogen) atoms. The summed E-state index contributed by atoms with van der Waals surface area (Å²) < 4.78 is 0. The maximum Gasteiger partial charge on any atom is 0.323 e. The maximum atomic E-state index is 11.5. The lowest BCUT2D eigenvalue weighted by Crippen LogP contribution is -2.15. The number of anilines is 1. The number of H-pyrrole nitrogens is 2. The number of imidazole rings is 1. The Morgan fingerprint density at radius 3 is 2.88 bits per heavy atom.